The number of aryl methyl sites for hydroxylation is 1. The number of hydrogen-bond donors (Lipinski definition) is 0. The summed E-state index contributed by atoms with van der Waals surface area (Å²) in [5.74, 6) is -0.189. The molecule has 0 bridgehead atoms. The van der Waals surface area contributed by atoms with E-state index in [1.807, 2.05) is 36.0 Å². The zero-order valence-electron chi connectivity index (χ0n) is 8.69. The van der Waals surface area contributed by atoms with Crippen molar-refractivity contribution in [2.24, 2.45) is 0 Å². The Morgan fingerprint density at radius 3 is 2.93 bits per heavy atom. The van der Waals surface area contributed by atoms with Gasteiger partial charge in [0.15, 0.2) is 12.4 Å². The molecule has 0 fully saturated rings. The lowest BCUT2D eigenvalue weighted by Gasteiger charge is -1.99. The van der Waals surface area contributed by atoms with Gasteiger partial charge >= 0.3 is 5.97 Å². The fourth-order valence-electron chi connectivity index (χ4n) is 1.24. The van der Waals surface area contributed by atoms with Gasteiger partial charge in [0, 0.05) is 11.6 Å². The summed E-state index contributed by atoms with van der Waals surface area (Å²) >= 11 is 0. The molecular weight excluding hydrogens is 178 g/mol. The van der Waals surface area contributed by atoms with Gasteiger partial charge in [0.05, 0.1) is 6.61 Å². The molecule has 3 nitrogen and oxygen atoms in total. The van der Waals surface area contributed by atoms with Crippen molar-refractivity contribution in [3.05, 3.63) is 30.1 Å². The Morgan fingerprint density at radius 2 is 2.29 bits per heavy atom. The SMILES string of the molecule is CCOC(=O)C[n+]1cccc(CC)c1. The van der Waals surface area contributed by atoms with Gasteiger partial charge in [-0.1, -0.05) is 6.92 Å². The van der Waals surface area contributed by atoms with E-state index >= 15 is 0 Å². The normalized spacial score (nSPS) is 9.86. The van der Waals surface area contributed by atoms with Crippen LogP contribution in [-0.4, -0.2) is 12.6 Å². The maximum absolute atomic E-state index is 11.2. The van der Waals surface area contributed by atoms with E-state index < -0.39 is 0 Å². The minimum atomic E-state index is -0.189. The highest BCUT2D eigenvalue weighted by Gasteiger charge is 2.09. The maximum atomic E-state index is 11.2. The molecule has 0 saturated carbocycles. The molecule has 0 spiro atoms. The zero-order chi connectivity index (χ0) is 10.4. The van der Waals surface area contributed by atoms with Gasteiger partial charge in [-0.15, -0.1) is 0 Å². The van der Waals surface area contributed by atoms with Crippen LogP contribution in [0.25, 0.3) is 0 Å². The first-order valence-corrected chi connectivity index (χ1v) is 4.89. The highest BCUT2D eigenvalue weighted by atomic mass is 16.5. The summed E-state index contributed by atoms with van der Waals surface area (Å²) < 4.78 is 6.70. The van der Waals surface area contributed by atoms with Gasteiger partial charge in [0.1, 0.15) is 0 Å². The summed E-state index contributed by atoms with van der Waals surface area (Å²) in [5, 5.41) is 0. The van der Waals surface area contributed by atoms with E-state index in [4.69, 9.17) is 4.74 Å². The van der Waals surface area contributed by atoms with Crippen molar-refractivity contribution < 1.29 is 14.1 Å². The van der Waals surface area contributed by atoms with Crippen molar-refractivity contribution in [2.45, 2.75) is 26.8 Å². The molecule has 1 aromatic heterocycles. The summed E-state index contributed by atoms with van der Waals surface area (Å²) in [6.07, 6.45) is 4.82. The molecule has 0 radical (unpaired) electrons. The second-order valence-electron chi connectivity index (χ2n) is 3.04. The molecule has 0 aromatic carbocycles. The molecule has 1 rings (SSSR count). The van der Waals surface area contributed by atoms with E-state index in [9.17, 15) is 4.79 Å². The summed E-state index contributed by atoms with van der Waals surface area (Å²) in [7, 11) is 0. The average molecular weight is 194 g/mol. The molecule has 1 aromatic rings. The molecule has 0 atom stereocenters. The number of rotatable bonds is 4. The van der Waals surface area contributed by atoms with Crippen molar-refractivity contribution in [1.29, 1.82) is 0 Å². The molecule has 3 heteroatoms. The van der Waals surface area contributed by atoms with Crippen molar-refractivity contribution in [3.8, 4) is 0 Å². The lowest BCUT2D eigenvalue weighted by molar-refractivity contribution is -0.686. The summed E-state index contributed by atoms with van der Waals surface area (Å²) in [6.45, 7) is 4.63. The van der Waals surface area contributed by atoms with E-state index in [1.54, 1.807) is 0 Å². The number of aromatic nitrogens is 1. The van der Waals surface area contributed by atoms with Gasteiger partial charge in [-0.2, -0.15) is 4.57 Å². The second-order valence-corrected chi connectivity index (χ2v) is 3.04. The first-order valence-electron chi connectivity index (χ1n) is 4.89. The number of ether oxygens (including phenoxy) is 1. The van der Waals surface area contributed by atoms with Crippen LogP contribution in [0.5, 0.6) is 0 Å². The lowest BCUT2D eigenvalue weighted by Crippen LogP contribution is -2.38. The standard InChI is InChI=1S/C11H16NO2/c1-3-10-6-5-7-12(8-10)9-11(13)14-4-2/h5-8H,3-4,9H2,1-2H3/q+1. The molecule has 0 N–H and O–H groups in total. The summed E-state index contributed by atoms with van der Waals surface area (Å²) in [5.41, 5.74) is 1.22. The highest BCUT2D eigenvalue weighted by Crippen LogP contribution is 1.94. The first-order chi connectivity index (χ1) is 6.76. The quantitative estimate of drug-likeness (QED) is 0.530. The summed E-state index contributed by atoms with van der Waals surface area (Å²) in [4.78, 5) is 11.2. The number of carbonyl (C=O) groups excluding carboxylic acids is 1. The molecule has 0 aliphatic heterocycles. The Morgan fingerprint density at radius 1 is 1.50 bits per heavy atom. The van der Waals surface area contributed by atoms with Crippen LogP contribution in [0.4, 0.5) is 0 Å². The van der Waals surface area contributed by atoms with Crippen molar-refractivity contribution >= 4 is 5.97 Å². The Labute approximate surface area is 84.3 Å². The topological polar surface area (TPSA) is 30.2 Å². The highest BCUT2D eigenvalue weighted by molar-refractivity contribution is 5.67. The fraction of sp³-hybridized carbons (Fsp3) is 0.455. The van der Waals surface area contributed by atoms with Crippen LogP contribution in [0.3, 0.4) is 0 Å². The molecule has 0 aliphatic rings. The first kappa shape index (κ1) is 10.7. The van der Waals surface area contributed by atoms with Crippen LogP contribution in [0.15, 0.2) is 24.5 Å². The Balaban J connectivity index is 2.62. The maximum Gasteiger partial charge on any atom is 0.372 e. The molecule has 0 aliphatic carbocycles. The molecule has 14 heavy (non-hydrogen) atoms. The van der Waals surface area contributed by atoms with Gasteiger partial charge in [-0.05, 0) is 19.4 Å². The van der Waals surface area contributed by atoms with Crippen LogP contribution >= 0.6 is 0 Å². The number of hydrogen-bond acceptors (Lipinski definition) is 2. The van der Waals surface area contributed by atoms with Crippen molar-refractivity contribution in [2.75, 3.05) is 6.61 Å². The molecule has 76 valence electrons. The van der Waals surface area contributed by atoms with Crippen molar-refractivity contribution in [3.63, 3.8) is 0 Å². The number of pyridine rings is 1. The van der Waals surface area contributed by atoms with Crippen LogP contribution < -0.4 is 4.57 Å². The van der Waals surface area contributed by atoms with Gasteiger partial charge in [-0.3, -0.25) is 0 Å². The predicted molar refractivity (Wildman–Crippen MR) is 52.6 cm³/mol. The number of esters is 1. The van der Waals surface area contributed by atoms with Crippen LogP contribution in [0.2, 0.25) is 0 Å². The van der Waals surface area contributed by atoms with Crippen LogP contribution in [0.1, 0.15) is 19.4 Å². The Hall–Kier alpha value is -1.38. The van der Waals surface area contributed by atoms with Gasteiger partial charge in [0.2, 0.25) is 6.54 Å². The minimum absolute atomic E-state index is 0.189. The van der Waals surface area contributed by atoms with E-state index in [0.717, 1.165) is 6.42 Å². The molecular formula is C11H16NO2+. The van der Waals surface area contributed by atoms with E-state index in [-0.39, 0.29) is 5.97 Å². The van der Waals surface area contributed by atoms with Gasteiger partial charge in [-0.25, -0.2) is 4.79 Å². The third-order valence-corrected chi connectivity index (χ3v) is 1.94. The van der Waals surface area contributed by atoms with Gasteiger partial charge < -0.3 is 4.74 Å². The second kappa shape index (κ2) is 5.37. The van der Waals surface area contributed by atoms with Crippen LogP contribution in [-0.2, 0) is 22.5 Å². The molecule has 1 heterocycles. The molecule has 0 amide bonds. The lowest BCUT2D eigenvalue weighted by atomic mass is 10.2. The Kier molecular flexibility index (Phi) is 4.11. The number of nitrogens with zero attached hydrogens (tertiary/aromatic N) is 1. The van der Waals surface area contributed by atoms with E-state index in [1.165, 1.54) is 5.56 Å². The monoisotopic (exact) mass is 194 g/mol. The average Bonchev–Trinajstić information content (AvgIpc) is 2.18. The minimum Gasteiger partial charge on any atom is -0.461 e. The smallest absolute Gasteiger partial charge is 0.372 e. The Bertz CT molecular complexity index is 310. The van der Waals surface area contributed by atoms with E-state index in [0.29, 0.717) is 13.2 Å². The zero-order valence-corrected chi connectivity index (χ0v) is 8.69. The predicted octanol–water partition coefficient (Wildman–Crippen LogP) is 1.10. The largest absolute Gasteiger partial charge is 0.461 e. The summed E-state index contributed by atoms with van der Waals surface area (Å²) in [6, 6.07) is 3.99. The third-order valence-electron chi connectivity index (χ3n) is 1.94. The van der Waals surface area contributed by atoms with Gasteiger partial charge in [0.25, 0.3) is 0 Å². The fourth-order valence-corrected chi connectivity index (χ4v) is 1.24. The molecule has 0 saturated heterocycles. The van der Waals surface area contributed by atoms with E-state index in [2.05, 4.69) is 6.92 Å². The third kappa shape index (κ3) is 3.17. The number of carbonyl (C=O) groups is 1. The molecule has 0 unspecified atom stereocenters. The van der Waals surface area contributed by atoms with Crippen LogP contribution in [0, 0.1) is 0 Å². The van der Waals surface area contributed by atoms with Crippen molar-refractivity contribution in [1.82, 2.24) is 0 Å².